The van der Waals surface area contributed by atoms with Crippen molar-refractivity contribution in [2.24, 2.45) is 0 Å². The van der Waals surface area contributed by atoms with Gasteiger partial charge in [0.15, 0.2) is 0 Å². The largest absolute Gasteiger partial charge is 0.487 e. The number of aryl methyl sites for hydroxylation is 1. The molecule has 1 aromatic rings. The predicted octanol–water partition coefficient (Wildman–Crippen LogP) is 2.67. The van der Waals surface area contributed by atoms with Crippen LogP contribution in [0.4, 0.5) is 0 Å². The highest BCUT2D eigenvalue weighted by Crippen LogP contribution is 2.22. The SMILES string of the molecule is Cc1ncc(OC(C)[C@H]2CCCN2)cc1Br. The van der Waals surface area contributed by atoms with Crippen LogP contribution >= 0.6 is 15.9 Å². The highest BCUT2D eigenvalue weighted by atomic mass is 79.9. The summed E-state index contributed by atoms with van der Waals surface area (Å²) in [7, 11) is 0. The lowest BCUT2D eigenvalue weighted by molar-refractivity contribution is 0.179. The topological polar surface area (TPSA) is 34.1 Å². The van der Waals surface area contributed by atoms with Crippen LogP contribution in [0.5, 0.6) is 5.75 Å². The Balaban J connectivity index is 1.99. The lowest BCUT2D eigenvalue weighted by Crippen LogP contribution is -2.36. The van der Waals surface area contributed by atoms with Crippen molar-refractivity contribution in [3.05, 3.63) is 22.4 Å². The molecule has 0 amide bonds. The number of nitrogens with one attached hydrogen (secondary N) is 1. The minimum Gasteiger partial charge on any atom is -0.487 e. The number of rotatable bonds is 3. The third-order valence-electron chi connectivity index (χ3n) is 2.99. The number of hydrogen-bond acceptors (Lipinski definition) is 3. The third-order valence-corrected chi connectivity index (χ3v) is 3.79. The van der Waals surface area contributed by atoms with Crippen LogP contribution in [0.15, 0.2) is 16.7 Å². The van der Waals surface area contributed by atoms with Crippen molar-refractivity contribution in [3.63, 3.8) is 0 Å². The molecule has 0 aromatic carbocycles. The Hall–Kier alpha value is -0.610. The van der Waals surface area contributed by atoms with E-state index < -0.39 is 0 Å². The molecule has 3 nitrogen and oxygen atoms in total. The van der Waals surface area contributed by atoms with E-state index in [0.717, 1.165) is 22.5 Å². The van der Waals surface area contributed by atoms with E-state index in [4.69, 9.17) is 4.74 Å². The molecular formula is C12H17BrN2O. The number of pyridine rings is 1. The molecule has 2 heterocycles. The zero-order valence-electron chi connectivity index (χ0n) is 9.66. The van der Waals surface area contributed by atoms with E-state index in [1.807, 2.05) is 13.0 Å². The van der Waals surface area contributed by atoms with E-state index in [0.29, 0.717) is 6.04 Å². The van der Waals surface area contributed by atoms with Gasteiger partial charge in [-0.3, -0.25) is 4.98 Å². The van der Waals surface area contributed by atoms with Gasteiger partial charge in [-0.15, -0.1) is 0 Å². The first-order valence-electron chi connectivity index (χ1n) is 5.69. The minimum absolute atomic E-state index is 0.193. The highest BCUT2D eigenvalue weighted by molar-refractivity contribution is 9.10. The molecule has 0 saturated carbocycles. The lowest BCUT2D eigenvalue weighted by Gasteiger charge is -2.21. The normalized spacial score (nSPS) is 22.1. The third kappa shape index (κ3) is 2.74. The summed E-state index contributed by atoms with van der Waals surface area (Å²) < 4.78 is 6.88. The molecule has 1 aliphatic rings. The molecule has 1 aromatic heterocycles. The number of nitrogens with zero attached hydrogens (tertiary/aromatic N) is 1. The Morgan fingerprint density at radius 1 is 1.62 bits per heavy atom. The number of ether oxygens (including phenoxy) is 1. The standard InChI is InChI=1S/C12H17BrN2O/c1-8-11(13)6-10(7-15-8)16-9(2)12-4-3-5-14-12/h6-7,9,12,14H,3-5H2,1-2H3/t9?,12-/m1/s1. The number of halogens is 1. The fraction of sp³-hybridized carbons (Fsp3) is 0.583. The maximum atomic E-state index is 5.88. The van der Waals surface area contributed by atoms with Crippen molar-refractivity contribution in [2.45, 2.75) is 38.8 Å². The summed E-state index contributed by atoms with van der Waals surface area (Å²) in [5.41, 5.74) is 0.985. The Morgan fingerprint density at radius 2 is 2.44 bits per heavy atom. The Morgan fingerprint density at radius 3 is 3.06 bits per heavy atom. The highest BCUT2D eigenvalue weighted by Gasteiger charge is 2.22. The molecule has 1 aliphatic heterocycles. The summed E-state index contributed by atoms with van der Waals surface area (Å²) in [6.45, 7) is 5.18. The van der Waals surface area contributed by atoms with Crippen molar-refractivity contribution >= 4 is 15.9 Å². The van der Waals surface area contributed by atoms with E-state index in [2.05, 4.69) is 33.2 Å². The molecule has 1 N–H and O–H groups in total. The summed E-state index contributed by atoms with van der Waals surface area (Å²) in [6, 6.07) is 2.45. The first-order valence-corrected chi connectivity index (χ1v) is 6.48. The average Bonchev–Trinajstić information content (AvgIpc) is 2.77. The number of hydrogen-bond donors (Lipinski definition) is 1. The van der Waals surface area contributed by atoms with Gasteiger partial charge in [0, 0.05) is 10.5 Å². The first kappa shape index (κ1) is 11.9. The van der Waals surface area contributed by atoms with Gasteiger partial charge < -0.3 is 10.1 Å². The van der Waals surface area contributed by atoms with Crippen LogP contribution in [0, 0.1) is 6.92 Å². The van der Waals surface area contributed by atoms with Crippen LogP contribution in [-0.4, -0.2) is 23.7 Å². The van der Waals surface area contributed by atoms with Gasteiger partial charge >= 0.3 is 0 Å². The van der Waals surface area contributed by atoms with Crippen LogP contribution in [0.2, 0.25) is 0 Å². The molecular weight excluding hydrogens is 268 g/mol. The van der Waals surface area contributed by atoms with Crippen LogP contribution in [0.3, 0.4) is 0 Å². The van der Waals surface area contributed by atoms with Gasteiger partial charge in [-0.2, -0.15) is 0 Å². The molecule has 0 radical (unpaired) electrons. The molecule has 0 bridgehead atoms. The first-order chi connectivity index (χ1) is 7.66. The quantitative estimate of drug-likeness (QED) is 0.927. The van der Waals surface area contributed by atoms with Gasteiger partial charge in [0.2, 0.25) is 0 Å². The average molecular weight is 285 g/mol. The van der Waals surface area contributed by atoms with Crippen molar-refractivity contribution in [3.8, 4) is 5.75 Å². The molecule has 2 atom stereocenters. The van der Waals surface area contributed by atoms with E-state index in [9.17, 15) is 0 Å². The van der Waals surface area contributed by atoms with Crippen LogP contribution in [0.1, 0.15) is 25.5 Å². The van der Waals surface area contributed by atoms with E-state index in [-0.39, 0.29) is 6.10 Å². The summed E-state index contributed by atoms with van der Waals surface area (Å²) in [5.74, 6) is 0.832. The summed E-state index contributed by atoms with van der Waals surface area (Å²) >= 11 is 3.46. The molecule has 1 unspecified atom stereocenters. The van der Waals surface area contributed by atoms with Gasteiger partial charge in [0.25, 0.3) is 0 Å². The molecule has 4 heteroatoms. The van der Waals surface area contributed by atoms with Gasteiger partial charge in [0.05, 0.1) is 11.9 Å². The molecule has 88 valence electrons. The Kier molecular flexibility index (Phi) is 3.82. The molecule has 0 spiro atoms. The zero-order chi connectivity index (χ0) is 11.5. The fourth-order valence-electron chi connectivity index (χ4n) is 1.96. The van der Waals surface area contributed by atoms with Gasteiger partial charge in [-0.05, 0) is 55.2 Å². The second-order valence-electron chi connectivity index (χ2n) is 4.26. The molecule has 1 fully saturated rings. The van der Waals surface area contributed by atoms with Gasteiger partial charge in [-0.25, -0.2) is 0 Å². The smallest absolute Gasteiger partial charge is 0.139 e. The number of aromatic nitrogens is 1. The zero-order valence-corrected chi connectivity index (χ0v) is 11.3. The van der Waals surface area contributed by atoms with E-state index in [1.165, 1.54) is 12.8 Å². The van der Waals surface area contributed by atoms with Gasteiger partial charge in [-0.1, -0.05) is 0 Å². The summed E-state index contributed by atoms with van der Waals surface area (Å²) in [6.07, 6.45) is 4.42. The monoisotopic (exact) mass is 284 g/mol. The summed E-state index contributed by atoms with van der Waals surface area (Å²) in [4.78, 5) is 4.27. The van der Waals surface area contributed by atoms with Crippen molar-refractivity contribution in [2.75, 3.05) is 6.54 Å². The second kappa shape index (κ2) is 5.15. The minimum atomic E-state index is 0.193. The fourth-order valence-corrected chi connectivity index (χ4v) is 2.29. The maximum absolute atomic E-state index is 5.88. The van der Waals surface area contributed by atoms with Crippen LogP contribution < -0.4 is 10.1 Å². The van der Waals surface area contributed by atoms with Crippen LogP contribution in [-0.2, 0) is 0 Å². The van der Waals surface area contributed by atoms with Gasteiger partial charge in [0.1, 0.15) is 11.9 Å². The molecule has 2 rings (SSSR count). The molecule has 16 heavy (non-hydrogen) atoms. The van der Waals surface area contributed by atoms with E-state index in [1.54, 1.807) is 6.20 Å². The molecule has 1 saturated heterocycles. The van der Waals surface area contributed by atoms with Crippen molar-refractivity contribution in [1.29, 1.82) is 0 Å². The Labute approximate surface area is 105 Å². The lowest BCUT2D eigenvalue weighted by atomic mass is 10.1. The predicted molar refractivity (Wildman–Crippen MR) is 67.8 cm³/mol. The Bertz CT molecular complexity index is 364. The van der Waals surface area contributed by atoms with Crippen LogP contribution in [0.25, 0.3) is 0 Å². The van der Waals surface area contributed by atoms with Crippen molar-refractivity contribution in [1.82, 2.24) is 10.3 Å². The van der Waals surface area contributed by atoms with Crippen molar-refractivity contribution < 1.29 is 4.74 Å². The maximum Gasteiger partial charge on any atom is 0.139 e. The summed E-state index contributed by atoms with van der Waals surface area (Å²) in [5, 5.41) is 3.45. The van der Waals surface area contributed by atoms with E-state index >= 15 is 0 Å². The molecule has 0 aliphatic carbocycles. The second-order valence-corrected chi connectivity index (χ2v) is 5.12.